The Labute approximate surface area is 105 Å². The van der Waals surface area contributed by atoms with Gasteiger partial charge in [0.25, 0.3) is 0 Å². The molecule has 0 aliphatic carbocycles. The highest BCUT2D eigenvalue weighted by molar-refractivity contribution is 5.98. The first kappa shape index (κ1) is 10.8. The highest BCUT2D eigenvalue weighted by Gasteiger charge is 2.08. The maximum Gasteiger partial charge on any atom is 0.110 e. The highest BCUT2D eigenvalue weighted by Crippen LogP contribution is 2.27. The Morgan fingerprint density at radius 2 is 1.94 bits per heavy atom. The molecule has 4 nitrogen and oxygen atoms in total. The van der Waals surface area contributed by atoms with Gasteiger partial charge < -0.3 is 10.3 Å². The monoisotopic (exact) mass is 238 g/mol. The van der Waals surface area contributed by atoms with Crippen LogP contribution in [0.1, 0.15) is 11.5 Å². The summed E-state index contributed by atoms with van der Waals surface area (Å²) >= 11 is 0. The predicted molar refractivity (Wildman–Crippen MR) is 72.8 cm³/mol. The first-order valence-electron chi connectivity index (χ1n) is 5.82. The Morgan fingerprint density at radius 1 is 1.11 bits per heavy atom. The van der Waals surface area contributed by atoms with Crippen LogP contribution in [0.25, 0.3) is 16.5 Å². The number of aromatic nitrogens is 3. The fourth-order valence-electron chi connectivity index (χ4n) is 2.19. The van der Waals surface area contributed by atoms with E-state index < -0.39 is 0 Å². The Kier molecular flexibility index (Phi) is 2.30. The van der Waals surface area contributed by atoms with Crippen molar-refractivity contribution in [2.24, 2.45) is 0 Å². The van der Waals surface area contributed by atoms with Gasteiger partial charge in [-0.1, -0.05) is 0 Å². The van der Waals surface area contributed by atoms with E-state index in [1.54, 1.807) is 6.20 Å². The summed E-state index contributed by atoms with van der Waals surface area (Å²) in [4.78, 5) is 8.57. The number of nitrogen functional groups attached to an aromatic ring is 1. The summed E-state index contributed by atoms with van der Waals surface area (Å²) < 4.78 is 2.06. The zero-order valence-corrected chi connectivity index (χ0v) is 10.4. The molecule has 18 heavy (non-hydrogen) atoms. The normalized spacial score (nSPS) is 11.0. The molecule has 0 fully saturated rings. The third-order valence-electron chi connectivity index (χ3n) is 3.13. The smallest absolute Gasteiger partial charge is 0.110 e. The molecule has 0 amide bonds. The third kappa shape index (κ3) is 1.54. The summed E-state index contributed by atoms with van der Waals surface area (Å²) in [5.41, 5.74) is 8.81. The number of fused-ring (bicyclic) bond motifs is 1. The van der Waals surface area contributed by atoms with Gasteiger partial charge in [0.2, 0.25) is 0 Å². The van der Waals surface area contributed by atoms with Gasteiger partial charge in [0.1, 0.15) is 5.82 Å². The average molecular weight is 238 g/mol. The Bertz CT molecular complexity index is 728. The minimum atomic E-state index is 0.749. The molecule has 1 aromatic carbocycles. The fourth-order valence-corrected chi connectivity index (χ4v) is 2.19. The van der Waals surface area contributed by atoms with Gasteiger partial charge in [-0.3, -0.25) is 4.98 Å². The van der Waals surface area contributed by atoms with Gasteiger partial charge in [0, 0.05) is 40.7 Å². The number of imidazole rings is 1. The van der Waals surface area contributed by atoms with Crippen LogP contribution in [0.5, 0.6) is 0 Å². The minimum Gasteiger partial charge on any atom is -0.398 e. The maximum absolute atomic E-state index is 6.00. The van der Waals surface area contributed by atoms with E-state index in [0.29, 0.717) is 0 Å². The van der Waals surface area contributed by atoms with Crippen molar-refractivity contribution < 1.29 is 0 Å². The number of nitrogens with zero attached hydrogens (tertiary/aromatic N) is 3. The minimum absolute atomic E-state index is 0.749. The van der Waals surface area contributed by atoms with E-state index in [0.717, 1.165) is 33.7 Å². The van der Waals surface area contributed by atoms with Gasteiger partial charge in [-0.2, -0.15) is 0 Å². The van der Waals surface area contributed by atoms with E-state index in [-0.39, 0.29) is 0 Å². The van der Waals surface area contributed by atoms with Crippen molar-refractivity contribution in [2.45, 2.75) is 13.8 Å². The number of rotatable bonds is 1. The Hall–Kier alpha value is -2.36. The Morgan fingerprint density at radius 3 is 2.67 bits per heavy atom. The van der Waals surface area contributed by atoms with Crippen molar-refractivity contribution in [1.82, 2.24) is 14.5 Å². The molecule has 0 aliphatic heterocycles. The van der Waals surface area contributed by atoms with Crippen molar-refractivity contribution in [2.75, 3.05) is 5.73 Å². The molecular weight excluding hydrogens is 224 g/mol. The quantitative estimate of drug-likeness (QED) is 0.663. The molecule has 0 atom stereocenters. The molecule has 3 aromatic rings. The van der Waals surface area contributed by atoms with E-state index in [2.05, 4.69) is 20.6 Å². The standard InChI is InChI=1S/C14H14N4/c1-9-7-11-12(8-17-9)13(15)3-4-14(11)18-6-5-16-10(18)2/h3-8H,15H2,1-2H3. The molecule has 0 aliphatic rings. The van der Waals surface area contributed by atoms with Gasteiger partial charge in [-0.05, 0) is 32.0 Å². The second-order valence-corrected chi connectivity index (χ2v) is 4.39. The number of pyridine rings is 1. The van der Waals surface area contributed by atoms with Gasteiger partial charge in [-0.15, -0.1) is 0 Å². The molecule has 0 spiro atoms. The molecule has 0 radical (unpaired) electrons. The first-order chi connectivity index (χ1) is 8.66. The lowest BCUT2D eigenvalue weighted by Gasteiger charge is -2.11. The molecule has 3 rings (SSSR count). The molecule has 0 bridgehead atoms. The van der Waals surface area contributed by atoms with E-state index in [4.69, 9.17) is 5.73 Å². The molecule has 90 valence electrons. The number of hydrogen-bond donors (Lipinski definition) is 1. The molecule has 2 heterocycles. The highest BCUT2D eigenvalue weighted by atomic mass is 15.1. The lowest BCUT2D eigenvalue weighted by atomic mass is 10.1. The SMILES string of the molecule is Cc1cc2c(-n3ccnc3C)ccc(N)c2cn1. The fraction of sp³-hybridized carbons (Fsp3) is 0.143. The summed E-state index contributed by atoms with van der Waals surface area (Å²) in [6, 6.07) is 5.99. The molecule has 4 heteroatoms. The van der Waals surface area contributed by atoms with Crippen LogP contribution in [-0.2, 0) is 0 Å². The number of anilines is 1. The van der Waals surface area contributed by atoms with Crippen molar-refractivity contribution >= 4 is 16.5 Å². The van der Waals surface area contributed by atoms with Gasteiger partial charge >= 0.3 is 0 Å². The maximum atomic E-state index is 6.00. The van der Waals surface area contributed by atoms with Gasteiger partial charge in [0.05, 0.1) is 5.69 Å². The second-order valence-electron chi connectivity index (χ2n) is 4.39. The van der Waals surface area contributed by atoms with E-state index in [9.17, 15) is 0 Å². The largest absolute Gasteiger partial charge is 0.398 e. The van der Waals surface area contributed by atoms with Crippen LogP contribution in [0.15, 0.2) is 36.8 Å². The molecule has 2 aromatic heterocycles. The zero-order valence-electron chi connectivity index (χ0n) is 10.4. The van der Waals surface area contributed by atoms with Crippen molar-refractivity contribution in [3.8, 4) is 5.69 Å². The van der Waals surface area contributed by atoms with E-state index in [1.807, 2.05) is 38.4 Å². The summed E-state index contributed by atoms with van der Waals surface area (Å²) in [7, 11) is 0. The number of benzene rings is 1. The summed E-state index contributed by atoms with van der Waals surface area (Å²) in [6.07, 6.45) is 5.58. The van der Waals surface area contributed by atoms with Crippen LogP contribution < -0.4 is 5.73 Å². The predicted octanol–water partition coefficient (Wildman–Crippen LogP) is 2.62. The van der Waals surface area contributed by atoms with Crippen molar-refractivity contribution in [3.05, 3.63) is 48.3 Å². The lowest BCUT2D eigenvalue weighted by Crippen LogP contribution is -1.99. The van der Waals surface area contributed by atoms with Crippen molar-refractivity contribution in [1.29, 1.82) is 0 Å². The van der Waals surface area contributed by atoms with E-state index >= 15 is 0 Å². The summed E-state index contributed by atoms with van der Waals surface area (Å²) in [5, 5.41) is 2.08. The summed E-state index contributed by atoms with van der Waals surface area (Å²) in [5.74, 6) is 0.954. The number of aryl methyl sites for hydroxylation is 2. The summed E-state index contributed by atoms with van der Waals surface area (Å²) in [6.45, 7) is 3.96. The third-order valence-corrected chi connectivity index (χ3v) is 3.13. The molecule has 0 saturated heterocycles. The molecule has 0 unspecified atom stereocenters. The lowest BCUT2D eigenvalue weighted by molar-refractivity contribution is 0.982. The number of nitrogens with two attached hydrogens (primary N) is 1. The second kappa shape index (κ2) is 3.84. The van der Waals surface area contributed by atoms with Crippen LogP contribution in [0.2, 0.25) is 0 Å². The van der Waals surface area contributed by atoms with Crippen LogP contribution in [0.4, 0.5) is 5.69 Å². The van der Waals surface area contributed by atoms with Crippen LogP contribution in [0, 0.1) is 13.8 Å². The zero-order chi connectivity index (χ0) is 12.7. The average Bonchev–Trinajstić information content (AvgIpc) is 2.76. The van der Waals surface area contributed by atoms with E-state index in [1.165, 1.54) is 0 Å². The van der Waals surface area contributed by atoms with Crippen LogP contribution in [-0.4, -0.2) is 14.5 Å². The van der Waals surface area contributed by atoms with Gasteiger partial charge in [0.15, 0.2) is 0 Å². The van der Waals surface area contributed by atoms with Crippen molar-refractivity contribution in [3.63, 3.8) is 0 Å². The Balaban J connectivity index is 2.40. The van der Waals surface area contributed by atoms with Crippen LogP contribution in [0.3, 0.4) is 0 Å². The van der Waals surface area contributed by atoms with Gasteiger partial charge in [-0.25, -0.2) is 4.98 Å². The topological polar surface area (TPSA) is 56.7 Å². The number of hydrogen-bond acceptors (Lipinski definition) is 3. The molecule has 0 saturated carbocycles. The van der Waals surface area contributed by atoms with Crippen LogP contribution >= 0.6 is 0 Å². The first-order valence-corrected chi connectivity index (χ1v) is 5.82. The molecular formula is C14H14N4. The molecule has 2 N–H and O–H groups in total.